The Bertz CT molecular complexity index is 292. The molecule has 1 aliphatic heterocycles. The van der Waals surface area contributed by atoms with E-state index in [4.69, 9.17) is 10.5 Å². The standard InChI is InChI=1S/C9H10N2O/c10-8-3-1-7(2-4-8)9-11-5-6-12-9/h1-5,9H,6,10H2. The van der Waals surface area contributed by atoms with Crippen LogP contribution in [0, 0.1) is 0 Å². The molecule has 3 nitrogen and oxygen atoms in total. The van der Waals surface area contributed by atoms with Gasteiger partial charge in [0.15, 0.2) is 6.23 Å². The number of ether oxygens (including phenoxy) is 1. The van der Waals surface area contributed by atoms with E-state index in [-0.39, 0.29) is 6.23 Å². The summed E-state index contributed by atoms with van der Waals surface area (Å²) in [5.41, 5.74) is 7.36. The smallest absolute Gasteiger partial charge is 0.174 e. The van der Waals surface area contributed by atoms with Crippen molar-refractivity contribution in [3.8, 4) is 0 Å². The van der Waals surface area contributed by atoms with E-state index in [1.54, 1.807) is 6.21 Å². The van der Waals surface area contributed by atoms with Crippen LogP contribution in [0.4, 0.5) is 5.69 Å². The molecule has 1 aromatic rings. The van der Waals surface area contributed by atoms with Crippen LogP contribution in [-0.2, 0) is 4.74 Å². The van der Waals surface area contributed by atoms with Crippen molar-refractivity contribution in [3.63, 3.8) is 0 Å². The van der Waals surface area contributed by atoms with Crippen molar-refractivity contribution < 1.29 is 4.74 Å². The molecule has 2 N–H and O–H groups in total. The van der Waals surface area contributed by atoms with E-state index >= 15 is 0 Å². The number of nitrogen functional groups attached to an aromatic ring is 1. The highest BCUT2D eigenvalue weighted by Crippen LogP contribution is 2.21. The Labute approximate surface area is 70.9 Å². The molecule has 0 fully saturated rings. The van der Waals surface area contributed by atoms with Gasteiger partial charge in [0.05, 0.1) is 6.61 Å². The summed E-state index contributed by atoms with van der Waals surface area (Å²) in [6.07, 6.45) is 1.66. The molecule has 1 unspecified atom stereocenters. The van der Waals surface area contributed by atoms with E-state index in [0.717, 1.165) is 11.3 Å². The fraction of sp³-hybridized carbons (Fsp3) is 0.222. The van der Waals surface area contributed by atoms with E-state index in [9.17, 15) is 0 Å². The summed E-state index contributed by atoms with van der Waals surface area (Å²) in [5, 5.41) is 0. The molecular weight excluding hydrogens is 152 g/mol. The minimum absolute atomic E-state index is 0.120. The van der Waals surface area contributed by atoms with Gasteiger partial charge in [0.25, 0.3) is 0 Å². The number of hydrogen-bond donors (Lipinski definition) is 1. The molecule has 0 bridgehead atoms. The number of aliphatic imine (C=N–C) groups is 1. The third-order valence-electron chi connectivity index (χ3n) is 1.79. The van der Waals surface area contributed by atoms with E-state index in [2.05, 4.69) is 4.99 Å². The van der Waals surface area contributed by atoms with Crippen LogP contribution in [0.2, 0.25) is 0 Å². The van der Waals surface area contributed by atoms with Crippen molar-refractivity contribution in [3.05, 3.63) is 29.8 Å². The molecule has 1 aliphatic rings. The van der Waals surface area contributed by atoms with E-state index in [1.807, 2.05) is 24.3 Å². The van der Waals surface area contributed by atoms with E-state index < -0.39 is 0 Å². The first kappa shape index (κ1) is 7.31. The first-order valence-corrected chi connectivity index (χ1v) is 3.85. The van der Waals surface area contributed by atoms with Gasteiger partial charge in [0, 0.05) is 17.5 Å². The van der Waals surface area contributed by atoms with Crippen molar-refractivity contribution in [1.29, 1.82) is 0 Å². The van der Waals surface area contributed by atoms with Crippen molar-refractivity contribution in [2.24, 2.45) is 4.99 Å². The van der Waals surface area contributed by atoms with Gasteiger partial charge in [-0.15, -0.1) is 0 Å². The molecule has 2 rings (SSSR count). The molecule has 62 valence electrons. The second kappa shape index (κ2) is 2.95. The quantitative estimate of drug-likeness (QED) is 0.634. The van der Waals surface area contributed by atoms with Gasteiger partial charge in [-0.05, 0) is 12.1 Å². The highest BCUT2D eigenvalue weighted by molar-refractivity contribution is 5.60. The van der Waals surface area contributed by atoms with Crippen LogP contribution in [0.25, 0.3) is 0 Å². The van der Waals surface area contributed by atoms with Gasteiger partial charge >= 0.3 is 0 Å². The van der Waals surface area contributed by atoms with Crippen LogP contribution < -0.4 is 5.73 Å². The lowest BCUT2D eigenvalue weighted by Crippen LogP contribution is -1.95. The summed E-state index contributed by atoms with van der Waals surface area (Å²) < 4.78 is 5.32. The largest absolute Gasteiger partial charge is 0.399 e. The third kappa shape index (κ3) is 1.31. The highest BCUT2D eigenvalue weighted by Gasteiger charge is 2.12. The monoisotopic (exact) mass is 162 g/mol. The van der Waals surface area contributed by atoms with Gasteiger partial charge < -0.3 is 10.5 Å². The summed E-state index contributed by atoms with van der Waals surface area (Å²) in [6.45, 7) is 0.606. The van der Waals surface area contributed by atoms with Crippen LogP contribution in [0.15, 0.2) is 29.3 Å². The predicted octanol–water partition coefficient (Wildman–Crippen LogP) is 1.37. The Hall–Kier alpha value is -1.35. The Balaban J connectivity index is 2.23. The lowest BCUT2D eigenvalue weighted by Gasteiger charge is -2.06. The van der Waals surface area contributed by atoms with Crippen molar-refractivity contribution in [1.82, 2.24) is 0 Å². The molecule has 12 heavy (non-hydrogen) atoms. The lowest BCUT2D eigenvalue weighted by molar-refractivity contribution is 0.111. The maximum atomic E-state index is 5.55. The number of nitrogens with zero attached hydrogens (tertiary/aromatic N) is 1. The van der Waals surface area contributed by atoms with Gasteiger partial charge in [0.2, 0.25) is 0 Å². The van der Waals surface area contributed by atoms with Crippen molar-refractivity contribution in [2.75, 3.05) is 12.3 Å². The zero-order valence-corrected chi connectivity index (χ0v) is 6.60. The minimum Gasteiger partial charge on any atom is -0.399 e. The van der Waals surface area contributed by atoms with Crippen molar-refractivity contribution >= 4 is 11.9 Å². The summed E-state index contributed by atoms with van der Waals surface area (Å²) in [6, 6.07) is 7.57. The summed E-state index contributed by atoms with van der Waals surface area (Å²) in [7, 11) is 0. The lowest BCUT2D eigenvalue weighted by atomic mass is 10.2. The van der Waals surface area contributed by atoms with Gasteiger partial charge in [0.1, 0.15) is 0 Å². The second-order valence-corrected chi connectivity index (χ2v) is 2.68. The van der Waals surface area contributed by atoms with E-state index in [1.165, 1.54) is 0 Å². The van der Waals surface area contributed by atoms with Gasteiger partial charge in [-0.1, -0.05) is 12.1 Å². The fourth-order valence-corrected chi connectivity index (χ4v) is 1.16. The molecule has 3 heteroatoms. The first-order chi connectivity index (χ1) is 5.86. The van der Waals surface area contributed by atoms with Crippen LogP contribution in [0.1, 0.15) is 11.8 Å². The predicted molar refractivity (Wildman–Crippen MR) is 48.0 cm³/mol. The van der Waals surface area contributed by atoms with Crippen LogP contribution in [-0.4, -0.2) is 12.8 Å². The Morgan fingerprint density at radius 3 is 2.67 bits per heavy atom. The molecular formula is C9H10N2O. The molecule has 1 heterocycles. The maximum Gasteiger partial charge on any atom is 0.174 e. The zero-order valence-electron chi connectivity index (χ0n) is 6.60. The second-order valence-electron chi connectivity index (χ2n) is 2.68. The minimum atomic E-state index is -0.120. The van der Waals surface area contributed by atoms with Crippen LogP contribution in [0.5, 0.6) is 0 Å². The topological polar surface area (TPSA) is 47.6 Å². The van der Waals surface area contributed by atoms with Gasteiger partial charge in [-0.2, -0.15) is 0 Å². The molecule has 0 aliphatic carbocycles. The SMILES string of the molecule is Nc1ccc(C2N=CCO2)cc1. The number of hydrogen-bond acceptors (Lipinski definition) is 3. The molecule has 1 aromatic carbocycles. The average molecular weight is 162 g/mol. The molecule has 0 saturated carbocycles. The molecule has 0 aromatic heterocycles. The summed E-state index contributed by atoms with van der Waals surface area (Å²) >= 11 is 0. The maximum absolute atomic E-state index is 5.55. The zero-order chi connectivity index (χ0) is 8.39. The van der Waals surface area contributed by atoms with Crippen LogP contribution >= 0.6 is 0 Å². The van der Waals surface area contributed by atoms with Crippen molar-refractivity contribution in [2.45, 2.75) is 6.23 Å². The van der Waals surface area contributed by atoms with Gasteiger partial charge in [-0.3, -0.25) is 4.99 Å². The van der Waals surface area contributed by atoms with E-state index in [0.29, 0.717) is 6.61 Å². The summed E-state index contributed by atoms with van der Waals surface area (Å²) in [5.74, 6) is 0. The molecule has 1 atom stereocenters. The number of anilines is 1. The highest BCUT2D eigenvalue weighted by atomic mass is 16.5. The number of rotatable bonds is 1. The molecule has 0 amide bonds. The number of benzene rings is 1. The Morgan fingerprint density at radius 1 is 1.33 bits per heavy atom. The third-order valence-corrected chi connectivity index (χ3v) is 1.79. The van der Waals surface area contributed by atoms with Crippen LogP contribution in [0.3, 0.4) is 0 Å². The average Bonchev–Trinajstić information content (AvgIpc) is 2.58. The number of nitrogens with two attached hydrogens (primary N) is 1. The Morgan fingerprint density at radius 2 is 2.08 bits per heavy atom. The first-order valence-electron chi connectivity index (χ1n) is 3.85. The molecule has 0 saturated heterocycles. The molecule has 0 spiro atoms. The normalized spacial score (nSPS) is 21.5. The van der Waals surface area contributed by atoms with Gasteiger partial charge in [-0.25, -0.2) is 0 Å². The summed E-state index contributed by atoms with van der Waals surface area (Å²) in [4.78, 5) is 4.15. The Kier molecular flexibility index (Phi) is 1.80. The molecule has 0 radical (unpaired) electrons. The fourth-order valence-electron chi connectivity index (χ4n) is 1.16.